The van der Waals surface area contributed by atoms with Crippen LogP contribution in [0.3, 0.4) is 0 Å². The standard InChI is InChI=1S/C19H24N4O/c1-3-23-13-22-18-17(15-7-5-4-6-8-15)21-11-16(19(18)23)24-12-14(2)9-10-20/h4-8,11,13-14H,3,9-10,12,20H2,1-2H3. The predicted molar refractivity (Wildman–Crippen MR) is 97.0 cm³/mol. The quantitative estimate of drug-likeness (QED) is 0.722. The highest BCUT2D eigenvalue weighted by Crippen LogP contribution is 2.32. The Labute approximate surface area is 142 Å². The lowest BCUT2D eigenvalue weighted by atomic mass is 10.1. The van der Waals surface area contributed by atoms with Crippen LogP contribution in [-0.2, 0) is 6.54 Å². The number of rotatable bonds is 7. The molecule has 24 heavy (non-hydrogen) atoms. The average Bonchev–Trinajstić information content (AvgIpc) is 3.05. The Morgan fingerprint density at radius 2 is 2.00 bits per heavy atom. The lowest BCUT2D eigenvalue weighted by Crippen LogP contribution is -2.14. The molecule has 0 aliphatic rings. The zero-order valence-electron chi connectivity index (χ0n) is 14.3. The van der Waals surface area contributed by atoms with E-state index in [4.69, 9.17) is 10.5 Å². The third-order valence-corrected chi connectivity index (χ3v) is 4.18. The number of pyridine rings is 1. The normalized spacial score (nSPS) is 12.5. The van der Waals surface area contributed by atoms with Gasteiger partial charge in [-0.1, -0.05) is 37.3 Å². The topological polar surface area (TPSA) is 66.0 Å². The minimum Gasteiger partial charge on any atom is -0.489 e. The number of nitrogens with zero attached hydrogens (tertiary/aromatic N) is 3. The Kier molecular flexibility index (Phi) is 5.11. The van der Waals surface area contributed by atoms with Crippen LogP contribution in [0.4, 0.5) is 0 Å². The first-order valence-electron chi connectivity index (χ1n) is 8.46. The minimum absolute atomic E-state index is 0.414. The van der Waals surface area contributed by atoms with Crippen molar-refractivity contribution < 1.29 is 4.74 Å². The van der Waals surface area contributed by atoms with Crippen molar-refractivity contribution in [3.8, 4) is 17.0 Å². The molecule has 2 heterocycles. The van der Waals surface area contributed by atoms with E-state index in [-0.39, 0.29) is 0 Å². The number of aryl methyl sites for hydroxylation is 1. The van der Waals surface area contributed by atoms with Gasteiger partial charge in [-0.05, 0) is 25.8 Å². The van der Waals surface area contributed by atoms with Gasteiger partial charge >= 0.3 is 0 Å². The van der Waals surface area contributed by atoms with E-state index in [2.05, 4.69) is 40.5 Å². The summed E-state index contributed by atoms with van der Waals surface area (Å²) in [7, 11) is 0. The highest BCUT2D eigenvalue weighted by Gasteiger charge is 2.16. The number of hydrogen-bond donors (Lipinski definition) is 1. The van der Waals surface area contributed by atoms with Crippen molar-refractivity contribution in [2.45, 2.75) is 26.8 Å². The van der Waals surface area contributed by atoms with Crippen molar-refractivity contribution in [1.82, 2.24) is 14.5 Å². The third kappa shape index (κ3) is 3.26. The summed E-state index contributed by atoms with van der Waals surface area (Å²) in [6.07, 6.45) is 4.62. The molecule has 0 spiro atoms. The molecule has 0 amide bonds. The van der Waals surface area contributed by atoms with Gasteiger partial charge in [0, 0.05) is 12.1 Å². The van der Waals surface area contributed by atoms with Crippen LogP contribution in [0.25, 0.3) is 22.3 Å². The minimum atomic E-state index is 0.414. The van der Waals surface area contributed by atoms with Crippen molar-refractivity contribution in [3.63, 3.8) is 0 Å². The molecule has 3 aromatic rings. The molecule has 3 rings (SSSR count). The Morgan fingerprint density at radius 1 is 1.21 bits per heavy atom. The first-order valence-corrected chi connectivity index (χ1v) is 8.46. The van der Waals surface area contributed by atoms with E-state index in [9.17, 15) is 0 Å². The Hall–Kier alpha value is -2.40. The molecule has 1 aromatic carbocycles. The fourth-order valence-corrected chi connectivity index (χ4v) is 2.81. The Morgan fingerprint density at radius 3 is 2.71 bits per heavy atom. The van der Waals surface area contributed by atoms with Crippen molar-refractivity contribution in [1.29, 1.82) is 0 Å². The van der Waals surface area contributed by atoms with Crippen LogP contribution in [0.2, 0.25) is 0 Å². The first-order chi connectivity index (χ1) is 11.7. The van der Waals surface area contributed by atoms with E-state index < -0.39 is 0 Å². The maximum atomic E-state index is 6.05. The van der Waals surface area contributed by atoms with Crippen LogP contribution < -0.4 is 10.5 Å². The summed E-state index contributed by atoms with van der Waals surface area (Å²) in [6, 6.07) is 10.1. The Bertz CT molecular complexity index is 798. The first kappa shape index (κ1) is 16.5. The molecule has 1 atom stereocenters. The van der Waals surface area contributed by atoms with Gasteiger partial charge in [0.1, 0.15) is 11.0 Å². The number of hydrogen-bond acceptors (Lipinski definition) is 4. The van der Waals surface area contributed by atoms with E-state index in [1.165, 1.54) is 0 Å². The molecule has 0 aliphatic heterocycles. The van der Waals surface area contributed by atoms with Gasteiger partial charge in [0.25, 0.3) is 0 Å². The zero-order chi connectivity index (χ0) is 16.9. The summed E-state index contributed by atoms with van der Waals surface area (Å²) in [5.41, 5.74) is 9.46. The smallest absolute Gasteiger partial charge is 0.163 e. The second-order valence-electron chi connectivity index (χ2n) is 6.06. The summed E-state index contributed by atoms with van der Waals surface area (Å²) in [5, 5.41) is 0. The van der Waals surface area contributed by atoms with Gasteiger partial charge in [-0.15, -0.1) is 0 Å². The van der Waals surface area contributed by atoms with Crippen LogP contribution in [0, 0.1) is 5.92 Å². The van der Waals surface area contributed by atoms with Crippen LogP contribution in [0.1, 0.15) is 20.3 Å². The van der Waals surface area contributed by atoms with Crippen molar-refractivity contribution in [3.05, 3.63) is 42.9 Å². The van der Waals surface area contributed by atoms with E-state index in [0.29, 0.717) is 19.1 Å². The van der Waals surface area contributed by atoms with Crippen LogP contribution in [0.5, 0.6) is 5.75 Å². The third-order valence-electron chi connectivity index (χ3n) is 4.18. The maximum absolute atomic E-state index is 6.05. The lowest BCUT2D eigenvalue weighted by Gasteiger charge is -2.14. The fraction of sp³-hybridized carbons (Fsp3) is 0.368. The van der Waals surface area contributed by atoms with E-state index in [1.807, 2.05) is 30.7 Å². The van der Waals surface area contributed by atoms with Crippen LogP contribution in [0.15, 0.2) is 42.9 Å². The molecule has 0 bridgehead atoms. The fourth-order valence-electron chi connectivity index (χ4n) is 2.81. The molecule has 0 fully saturated rings. The SMILES string of the molecule is CCn1cnc2c(-c3ccccc3)ncc(OCC(C)CCN)c21. The molecule has 0 saturated carbocycles. The van der Waals surface area contributed by atoms with Gasteiger partial charge in [0.15, 0.2) is 5.75 Å². The number of ether oxygens (including phenoxy) is 1. The predicted octanol–water partition coefficient (Wildman–Crippen LogP) is 3.48. The van der Waals surface area contributed by atoms with Gasteiger partial charge in [-0.2, -0.15) is 0 Å². The number of imidazole rings is 1. The van der Waals surface area contributed by atoms with Crippen LogP contribution >= 0.6 is 0 Å². The highest BCUT2D eigenvalue weighted by molar-refractivity contribution is 5.93. The number of aromatic nitrogens is 3. The molecule has 1 unspecified atom stereocenters. The van der Waals surface area contributed by atoms with Gasteiger partial charge in [0.2, 0.25) is 0 Å². The molecule has 2 N–H and O–H groups in total. The van der Waals surface area contributed by atoms with E-state index in [0.717, 1.165) is 41.0 Å². The van der Waals surface area contributed by atoms with Crippen molar-refractivity contribution in [2.75, 3.05) is 13.2 Å². The molecule has 0 saturated heterocycles. The van der Waals surface area contributed by atoms with Gasteiger partial charge in [-0.25, -0.2) is 9.97 Å². The second-order valence-corrected chi connectivity index (χ2v) is 6.06. The molecular weight excluding hydrogens is 300 g/mol. The highest BCUT2D eigenvalue weighted by atomic mass is 16.5. The lowest BCUT2D eigenvalue weighted by molar-refractivity contribution is 0.255. The van der Waals surface area contributed by atoms with Gasteiger partial charge in [-0.3, -0.25) is 0 Å². The molecule has 5 heteroatoms. The Balaban J connectivity index is 2.01. The monoisotopic (exact) mass is 324 g/mol. The van der Waals surface area contributed by atoms with E-state index in [1.54, 1.807) is 0 Å². The molecule has 126 valence electrons. The second kappa shape index (κ2) is 7.45. The summed E-state index contributed by atoms with van der Waals surface area (Å²) < 4.78 is 8.15. The maximum Gasteiger partial charge on any atom is 0.163 e. The molecule has 0 radical (unpaired) electrons. The summed E-state index contributed by atoms with van der Waals surface area (Å²) in [6.45, 7) is 6.40. The largest absolute Gasteiger partial charge is 0.489 e. The summed E-state index contributed by atoms with van der Waals surface area (Å²) in [5.74, 6) is 1.20. The van der Waals surface area contributed by atoms with Crippen molar-refractivity contribution in [2.24, 2.45) is 11.7 Å². The van der Waals surface area contributed by atoms with Gasteiger partial charge in [0.05, 0.1) is 24.8 Å². The average molecular weight is 324 g/mol. The van der Waals surface area contributed by atoms with Gasteiger partial charge < -0.3 is 15.0 Å². The van der Waals surface area contributed by atoms with Crippen LogP contribution in [-0.4, -0.2) is 27.7 Å². The number of nitrogens with two attached hydrogens (primary N) is 1. The summed E-state index contributed by atoms with van der Waals surface area (Å²) in [4.78, 5) is 9.21. The number of benzene rings is 1. The molecule has 2 aromatic heterocycles. The molecule has 5 nitrogen and oxygen atoms in total. The molecule has 0 aliphatic carbocycles. The van der Waals surface area contributed by atoms with Crippen molar-refractivity contribution >= 4 is 11.0 Å². The number of fused-ring (bicyclic) bond motifs is 1. The zero-order valence-corrected chi connectivity index (χ0v) is 14.3. The van der Waals surface area contributed by atoms with E-state index >= 15 is 0 Å². The summed E-state index contributed by atoms with van der Waals surface area (Å²) >= 11 is 0. The molecular formula is C19H24N4O.